The minimum Gasteiger partial charge on any atom is -0.337 e. The van der Waals surface area contributed by atoms with Crippen LogP contribution < -0.4 is 5.73 Å². The molecule has 0 spiro atoms. The molecule has 0 aromatic rings. The molecule has 1 amide bonds. The van der Waals surface area contributed by atoms with Crippen molar-refractivity contribution in [3.8, 4) is 0 Å². The Balaban J connectivity index is 4.41. The summed E-state index contributed by atoms with van der Waals surface area (Å²) in [5.74, 6) is -0.0465. The summed E-state index contributed by atoms with van der Waals surface area (Å²) in [5, 5.41) is 0. The lowest BCUT2D eigenvalue weighted by Crippen LogP contribution is -2.46. The maximum absolute atomic E-state index is 11.5. The average molecular weight is 212 g/mol. The van der Waals surface area contributed by atoms with Gasteiger partial charge in [0.25, 0.3) is 0 Å². The van der Waals surface area contributed by atoms with Gasteiger partial charge in [-0.3, -0.25) is 4.79 Å². The molecule has 0 heterocycles. The van der Waals surface area contributed by atoms with Gasteiger partial charge in [-0.2, -0.15) is 0 Å². The van der Waals surface area contributed by atoms with Crippen LogP contribution in [0.15, 0.2) is 12.7 Å². The van der Waals surface area contributed by atoms with Gasteiger partial charge >= 0.3 is 0 Å². The van der Waals surface area contributed by atoms with Gasteiger partial charge in [0.15, 0.2) is 0 Å². The van der Waals surface area contributed by atoms with Crippen molar-refractivity contribution in [2.75, 3.05) is 7.05 Å². The highest BCUT2D eigenvalue weighted by Gasteiger charge is 2.27. The third-order valence-corrected chi connectivity index (χ3v) is 2.79. The van der Waals surface area contributed by atoms with E-state index in [1.54, 1.807) is 11.9 Å². The molecular weight excluding hydrogens is 188 g/mol. The Kier molecular flexibility index (Phi) is 4.53. The molecule has 0 radical (unpaired) electrons. The first-order chi connectivity index (χ1) is 6.60. The van der Waals surface area contributed by atoms with Crippen molar-refractivity contribution in [3.05, 3.63) is 12.7 Å². The van der Waals surface area contributed by atoms with Crippen LogP contribution in [0.5, 0.6) is 0 Å². The highest BCUT2D eigenvalue weighted by molar-refractivity contribution is 5.87. The number of hydrogen-bond donors (Lipinski definition) is 1. The van der Waals surface area contributed by atoms with Gasteiger partial charge < -0.3 is 10.6 Å². The summed E-state index contributed by atoms with van der Waals surface area (Å²) in [6.45, 7) is 11.6. The van der Waals surface area contributed by atoms with E-state index in [4.69, 9.17) is 5.73 Å². The van der Waals surface area contributed by atoms with Gasteiger partial charge in [0.1, 0.15) is 0 Å². The van der Waals surface area contributed by atoms with Crippen LogP contribution in [0.3, 0.4) is 0 Å². The summed E-state index contributed by atoms with van der Waals surface area (Å²) >= 11 is 0. The van der Waals surface area contributed by atoms with Crippen LogP contribution >= 0.6 is 0 Å². The molecule has 2 N–H and O–H groups in total. The zero-order valence-electron chi connectivity index (χ0n) is 10.6. The Bertz CT molecular complexity index is 238. The van der Waals surface area contributed by atoms with Gasteiger partial charge in [0.05, 0.1) is 0 Å². The van der Waals surface area contributed by atoms with E-state index < -0.39 is 0 Å². The number of carbonyl (C=O) groups is 1. The average Bonchev–Trinajstić information content (AvgIpc) is 2.11. The molecular formula is C12H24N2O. The minimum atomic E-state index is -0.185. The summed E-state index contributed by atoms with van der Waals surface area (Å²) in [6.07, 6.45) is 3.11. The minimum absolute atomic E-state index is 0.0465. The molecule has 88 valence electrons. The summed E-state index contributed by atoms with van der Waals surface area (Å²) in [7, 11) is 1.80. The first-order valence-corrected chi connectivity index (χ1v) is 5.29. The molecule has 0 fully saturated rings. The van der Waals surface area contributed by atoms with E-state index in [1.165, 1.54) is 6.08 Å². The number of amides is 1. The van der Waals surface area contributed by atoms with Crippen molar-refractivity contribution in [2.24, 2.45) is 5.73 Å². The molecule has 0 aromatic heterocycles. The molecule has 0 aliphatic heterocycles. The smallest absolute Gasteiger partial charge is 0.246 e. The van der Waals surface area contributed by atoms with Crippen molar-refractivity contribution in [2.45, 2.75) is 51.6 Å². The standard InChI is InChI=1S/C12H24N2O/c1-7-10(15)14(6)12(4,5)9-8-11(2,3)13/h7H,1,8-9,13H2,2-6H3. The fourth-order valence-corrected chi connectivity index (χ4v) is 1.23. The molecule has 0 rings (SSSR count). The van der Waals surface area contributed by atoms with E-state index in [0.717, 1.165) is 12.8 Å². The summed E-state index contributed by atoms with van der Waals surface area (Å²) in [6, 6.07) is 0. The molecule has 15 heavy (non-hydrogen) atoms. The molecule has 0 saturated heterocycles. The van der Waals surface area contributed by atoms with E-state index >= 15 is 0 Å². The van der Waals surface area contributed by atoms with E-state index in [0.29, 0.717) is 0 Å². The van der Waals surface area contributed by atoms with Crippen molar-refractivity contribution < 1.29 is 4.79 Å². The van der Waals surface area contributed by atoms with Gasteiger partial charge in [-0.05, 0) is 46.6 Å². The molecule has 0 atom stereocenters. The predicted molar refractivity (Wildman–Crippen MR) is 64.5 cm³/mol. The molecule has 0 aliphatic carbocycles. The third-order valence-electron chi connectivity index (χ3n) is 2.79. The van der Waals surface area contributed by atoms with Crippen LogP contribution in [0.4, 0.5) is 0 Å². The number of nitrogens with two attached hydrogens (primary N) is 1. The highest BCUT2D eigenvalue weighted by atomic mass is 16.2. The molecule has 0 saturated carbocycles. The highest BCUT2D eigenvalue weighted by Crippen LogP contribution is 2.22. The second kappa shape index (κ2) is 4.79. The lowest BCUT2D eigenvalue weighted by Gasteiger charge is -2.37. The van der Waals surface area contributed by atoms with E-state index in [-0.39, 0.29) is 17.0 Å². The number of rotatable bonds is 5. The monoisotopic (exact) mass is 212 g/mol. The summed E-state index contributed by atoms with van der Waals surface area (Å²) in [5.41, 5.74) is 5.56. The fourth-order valence-electron chi connectivity index (χ4n) is 1.23. The van der Waals surface area contributed by atoms with Gasteiger partial charge in [-0.1, -0.05) is 6.58 Å². The Hall–Kier alpha value is -0.830. The topological polar surface area (TPSA) is 46.3 Å². The fraction of sp³-hybridized carbons (Fsp3) is 0.750. The maximum Gasteiger partial charge on any atom is 0.246 e. The number of nitrogens with zero attached hydrogens (tertiary/aromatic N) is 1. The van der Waals surface area contributed by atoms with Crippen molar-refractivity contribution in [1.29, 1.82) is 0 Å². The second-order valence-corrected chi connectivity index (χ2v) is 5.40. The summed E-state index contributed by atoms with van der Waals surface area (Å²) < 4.78 is 0. The Morgan fingerprint density at radius 2 is 1.80 bits per heavy atom. The number of hydrogen-bond acceptors (Lipinski definition) is 2. The second-order valence-electron chi connectivity index (χ2n) is 5.40. The predicted octanol–water partition coefficient (Wildman–Crippen LogP) is 1.93. The van der Waals surface area contributed by atoms with Gasteiger partial charge in [-0.25, -0.2) is 0 Å². The lowest BCUT2D eigenvalue weighted by atomic mass is 9.89. The van der Waals surface area contributed by atoms with Gasteiger partial charge in [0, 0.05) is 18.1 Å². The molecule has 3 nitrogen and oxygen atoms in total. The summed E-state index contributed by atoms with van der Waals surface area (Å²) in [4.78, 5) is 13.2. The lowest BCUT2D eigenvalue weighted by molar-refractivity contribution is -0.129. The normalized spacial score (nSPS) is 12.4. The van der Waals surface area contributed by atoms with Crippen LogP contribution in [0.25, 0.3) is 0 Å². The van der Waals surface area contributed by atoms with E-state index in [9.17, 15) is 4.79 Å². The van der Waals surface area contributed by atoms with Crippen LogP contribution in [0.1, 0.15) is 40.5 Å². The number of likely N-dealkylation sites (N-methyl/N-ethyl adjacent to an activating group) is 1. The zero-order chi connectivity index (χ0) is 12.3. The van der Waals surface area contributed by atoms with Crippen molar-refractivity contribution in [3.63, 3.8) is 0 Å². The van der Waals surface area contributed by atoms with E-state index in [2.05, 4.69) is 6.58 Å². The molecule has 0 aliphatic rings. The van der Waals surface area contributed by atoms with Crippen LogP contribution in [-0.2, 0) is 4.79 Å². The SMILES string of the molecule is C=CC(=O)N(C)C(C)(C)CCC(C)(C)N. The number of carbonyl (C=O) groups excluding carboxylic acids is 1. The maximum atomic E-state index is 11.5. The molecule has 0 unspecified atom stereocenters. The van der Waals surface area contributed by atoms with Crippen LogP contribution in [-0.4, -0.2) is 28.9 Å². The quantitative estimate of drug-likeness (QED) is 0.708. The van der Waals surface area contributed by atoms with Crippen molar-refractivity contribution >= 4 is 5.91 Å². The first kappa shape index (κ1) is 14.2. The molecule has 0 aromatic carbocycles. The Morgan fingerprint density at radius 3 is 2.13 bits per heavy atom. The molecule has 3 heteroatoms. The van der Waals surface area contributed by atoms with E-state index in [1.807, 2.05) is 27.7 Å². The van der Waals surface area contributed by atoms with Crippen molar-refractivity contribution in [1.82, 2.24) is 4.90 Å². The van der Waals surface area contributed by atoms with Gasteiger partial charge in [0.2, 0.25) is 5.91 Å². The Morgan fingerprint density at radius 1 is 1.33 bits per heavy atom. The van der Waals surface area contributed by atoms with Gasteiger partial charge in [-0.15, -0.1) is 0 Å². The molecule has 0 bridgehead atoms. The Labute approximate surface area is 93.3 Å². The van der Waals surface area contributed by atoms with Crippen LogP contribution in [0.2, 0.25) is 0 Å². The zero-order valence-corrected chi connectivity index (χ0v) is 10.6. The third kappa shape index (κ3) is 4.98. The first-order valence-electron chi connectivity index (χ1n) is 5.29. The van der Waals surface area contributed by atoms with Crippen LogP contribution in [0, 0.1) is 0 Å². The largest absolute Gasteiger partial charge is 0.337 e.